The second-order valence-electron chi connectivity index (χ2n) is 3.96. The molecule has 2 nitrogen and oxygen atoms in total. The molecule has 0 saturated carbocycles. The molecule has 3 heteroatoms. The Bertz CT molecular complexity index is 228. The molecule has 1 N–H and O–H groups in total. The van der Waals surface area contributed by atoms with Crippen LogP contribution < -0.4 is 0 Å². The standard InChI is InChI=1S/C14H24O2.CH3I.H2/c1-2-3-4-5-6-7-8-9-10-11-12-13-14(15)16;1-2;/h6-7,9-10H,2-5,8,11-13H2,1H3,(H,15,16);1H3;1H/b7-6-,10-9-;;. The van der Waals surface area contributed by atoms with Crippen molar-refractivity contribution < 1.29 is 11.3 Å². The van der Waals surface area contributed by atoms with Crippen LogP contribution in [0.4, 0.5) is 0 Å². The number of unbranched alkanes of at least 4 members (excludes halogenated alkanes) is 4. The summed E-state index contributed by atoms with van der Waals surface area (Å²) in [6.45, 7) is 2.21. The lowest BCUT2D eigenvalue weighted by atomic mass is 10.2. The summed E-state index contributed by atoms with van der Waals surface area (Å²) >= 11 is 2.15. The summed E-state index contributed by atoms with van der Waals surface area (Å²) in [7, 11) is 0. The van der Waals surface area contributed by atoms with Gasteiger partial charge < -0.3 is 5.11 Å². The lowest BCUT2D eigenvalue weighted by Gasteiger charge is -1.91. The number of alkyl halides is 1. The largest absolute Gasteiger partial charge is 0.481 e. The van der Waals surface area contributed by atoms with E-state index in [1.54, 1.807) is 0 Å². The van der Waals surface area contributed by atoms with Gasteiger partial charge in [0.25, 0.3) is 0 Å². The number of allylic oxidation sites excluding steroid dienone is 4. The molecule has 0 aromatic heterocycles. The van der Waals surface area contributed by atoms with E-state index in [2.05, 4.69) is 53.8 Å². The Balaban J connectivity index is -0.000000809. The minimum Gasteiger partial charge on any atom is -0.481 e. The highest BCUT2D eigenvalue weighted by Gasteiger charge is 1.92. The molecule has 0 rings (SSSR count). The Morgan fingerprint density at radius 2 is 1.61 bits per heavy atom. The molecule has 0 amide bonds. The molecule has 0 spiro atoms. The molecule has 0 fully saturated rings. The predicted octanol–water partition coefficient (Wildman–Crippen LogP) is 5.62. The van der Waals surface area contributed by atoms with Gasteiger partial charge in [0.2, 0.25) is 0 Å². The van der Waals surface area contributed by atoms with Crippen molar-refractivity contribution in [2.75, 3.05) is 4.93 Å². The van der Waals surface area contributed by atoms with E-state index in [4.69, 9.17) is 5.11 Å². The summed E-state index contributed by atoms with van der Waals surface area (Å²) in [5.74, 6) is -0.704. The number of aliphatic carboxylic acids is 1. The van der Waals surface area contributed by atoms with Crippen molar-refractivity contribution in [2.45, 2.75) is 58.3 Å². The number of carboxylic acid groups (broad SMARTS) is 1. The summed E-state index contributed by atoms with van der Waals surface area (Å²) in [5, 5.41) is 8.42. The number of hydrogen-bond donors (Lipinski definition) is 1. The first kappa shape index (κ1) is 20.0. The van der Waals surface area contributed by atoms with Crippen LogP contribution in [0, 0.1) is 0 Å². The average Bonchev–Trinajstić information content (AvgIpc) is 2.38. The van der Waals surface area contributed by atoms with Gasteiger partial charge in [-0.25, -0.2) is 0 Å². The molecule has 0 saturated heterocycles. The van der Waals surface area contributed by atoms with Crippen molar-refractivity contribution in [3.63, 3.8) is 0 Å². The Hall–Kier alpha value is -0.320. The Morgan fingerprint density at radius 1 is 1.06 bits per heavy atom. The van der Waals surface area contributed by atoms with Crippen molar-refractivity contribution in [3.8, 4) is 0 Å². The van der Waals surface area contributed by atoms with Crippen LogP contribution in [0.1, 0.15) is 59.7 Å². The first-order valence-corrected chi connectivity index (χ1v) is 8.82. The third kappa shape index (κ3) is 21.0. The topological polar surface area (TPSA) is 37.3 Å². The van der Waals surface area contributed by atoms with Crippen LogP contribution in [-0.4, -0.2) is 16.0 Å². The normalized spacial score (nSPS) is 10.6. The van der Waals surface area contributed by atoms with E-state index in [0.717, 1.165) is 19.3 Å². The summed E-state index contributed by atoms with van der Waals surface area (Å²) in [5.41, 5.74) is 0. The van der Waals surface area contributed by atoms with Gasteiger partial charge in [-0.3, -0.25) is 4.79 Å². The highest BCUT2D eigenvalue weighted by atomic mass is 127. The predicted molar refractivity (Wildman–Crippen MR) is 90.6 cm³/mol. The van der Waals surface area contributed by atoms with Crippen molar-refractivity contribution in [2.24, 2.45) is 0 Å². The molecule has 0 atom stereocenters. The van der Waals surface area contributed by atoms with Crippen LogP contribution in [-0.2, 0) is 4.79 Å². The van der Waals surface area contributed by atoms with Crippen molar-refractivity contribution in [1.82, 2.24) is 0 Å². The van der Waals surface area contributed by atoms with Crippen LogP contribution >= 0.6 is 22.6 Å². The van der Waals surface area contributed by atoms with E-state index in [9.17, 15) is 4.79 Å². The maximum absolute atomic E-state index is 10.2. The van der Waals surface area contributed by atoms with Gasteiger partial charge in [0.1, 0.15) is 0 Å². The molecule has 0 aliphatic rings. The summed E-state index contributed by atoms with van der Waals surface area (Å²) in [6.07, 6.45) is 16.5. The van der Waals surface area contributed by atoms with Gasteiger partial charge in [-0.2, -0.15) is 0 Å². The quantitative estimate of drug-likeness (QED) is 0.235. The number of halogens is 1. The van der Waals surface area contributed by atoms with Gasteiger partial charge in [0.15, 0.2) is 0 Å². The summed E-state index contributed by atoms with van der Waals surface area (Å²) in [6, 6.07) is 0. The fraction of sp³-hybridized carbons (Fsp3) is 0.667. The maximum atomic E-state index is 10.2. The maximum Gasteiger partial charge on any atom is 0.303 e. The van der Waals surface area contributed by atoms with Crippen molar-refractivity contribution >= 4 is 28.6 Å². The number of hydrogen-bond acceptors (Lipinski definition) is 1. The smallest absolute Gasteiger partial charge is 0.303 e. The van der Waals surface area contributed by atoms with Crippen LogP contribution in [0.5, 0.6) is 0 Å². The fourth-order valence-corrected chi connectivity index (χ4v) is 1.39. The summed E-state index contributed by atoms with van der Waals surface area (Å²) < 4.78 is 0. The highest BCUT2D eigenvalue weighted by Crippen LogP contribution is 2.01. The molecule has 0 aromatic carbocycles. The zero-order valence-electron chi connectivity index (χ0n) is 11.7. The Morgan fingerprint density at radius 3 is 2.11 bits per heavy atom. The zero-order chi connectivity index (χ0) is 14.1. The second-order valence-corrected chi connectivity index (χ2v) is 3.96. The van der Waals surface area contributed by atoms with Crippen LogP contribution in [0.15, 0.2) is 24.3 Å². The molecular weight excluding hydrogens is 339 g/mol. The third-order valence-electron chi connectivity index (χ3n) is 2.34. The van der Waals surface area contributed by atoms with Gasteiger partial charge in [-0.1, -0.05) is 66.7 Å². The second kappa shape index (κ2) is 19.0. The van der Waals surface area contributed by atoms with Gasteiger partial charge >= 0.3 is 5.97 Å². The molecule has 0 radical (unpaired) electrons. The van der Waals surface area contributed by atoms with Gasteiger partial charge in [0, 0.05) is 7.85 Å². The molecule has 18 heavy (non-hydrogen) atoms. The van der Waals surface area contributed by atoms with Gasteiger partial charge in [-0.15, -0.1) is 0 Å². The van der Waals surface area contributed by atoms with E-state index in [0.29, 0.717) is 0 Å². The minimum atomic E-state index is -0.704. The van der Waals surface area contributed by atoms with E-state index in [-0.39, 0.29) is 7.85 Å². The Kier molecular flexibility index (Phi) is 21.2. The third-order valence-corrected chi connectivity index (χ3v) is 2.34. The van der Waals surface area contributed by atoms with Crippen LogP contribution in [0.3, 0.4) is 0 Å². The lowest BCUT2D eigenvalue weighted by Crippen LogP contribution is -1.92. The fourth-order valence-electron chi connectivity index (χ4n) is 1.39. The van der Waals surface area contributed by atoms with E-state index in [1.807, 2.05) is 4.93 Å². The molecule has 0 bridgehead atoms. The SMILES string of the molecule is CCCCC/C=C\C/C=C\CCCC(=O)O.CI.[HH]. The lowest BCUT2D eigenvalue weighted by molar-refractivity contribution is -0.137. The molecule has 108 valence electrons. The van der Waals surface area contributed by atoms with Crippen molar-refractivity contribution in [1.29, 1.82) is 0 Å². The van der Waals surface area contributed by atoms with E-state index < -0.39 is 5.97 Å². The molecule has 0 aliphatic carbocycles. The molecule has 0 aromatic rings. The van der Waals surface area contributed by atoms with E-state index >= 15 is 0 Å². The monoisotopic (exact) mass is 368 g/mol. The van der Waals surface area contributed by atoms with Gasteiger partial charge in [0.05, 0.1) is 0 Å². The van der Waals surface area contributed by atoms with Gasteiger partial charge in [-0.05, 0) is 37.0 Å². The van der Waals surface area contributed by atoms with Crippen LogP contribution in [0.25, 0.3) is 0 Å². The number of carboxylic acids is 1. The first-order chi connectivity index (χ1) is 8.77. The zero-order valence-corrected chi connectivity index (χ0v) is 13.9. The first-order valence-electron chi connectivity index (χ1n) is 6.67. The number of carbonyl (C=O) groups is 1. The Labute approximate surface area is 127 Å². The average molecular weight is 368 g/mol. The molecular formula is C15H29IO2. The highest BCUT2D eigenvalue weighted by molar-refractivity contribution is 14.1. The molecule has 0 aliphatic heterocycles. The minimum absolute atomic E-state index is 0. The van der Waals surface area contributed by atoms with Crippen LogP contribution in [0.2, 0.25) is 0 Å². The molecule has 0 unspecified atom stereocenters. The molecule has 0 heterocycles. The van der Waals surface area contributed by atoms with Crippen molar-refractivity contribution in [3.05, 3.63) is 24.3 Å². The van der Waals surface area contributed by atoms with E-state index in [1.165, 1.54) is 25.7 Å². The number of rotatable bonds is 10. The summed E-state index contributed by atoms with van der Waals surface area (Å²) in [4.78, 5) is 12.2.